The standard InChI is InChI=1S/C21H21ClN2O/c1-2-16-7-9-18(10-8-16)24-13-14-25-21(24)17-11-12-23(15-17)20-6-4-3-5-19(20)22/h3-12,15,21H,2,13-14H2,1H3/t21-/m0/s1. The van der Waals surface area contributed by atoms with Gasteiger partial charge in [0.25, 0.3) is 0 Å². The van der Waals surface area contributed by atoms with Crippen molar-refractivity contribution >= 4 is 17.3 Å². The summed E-state index contributed by atoms with van der Waals surface area (Å²) in [6.45, 7) is 3.80. The number of rotatable bonds is 4. The van der Waals surface area contributed by atoms with E-state index in [1.807, 2.05) is 30.5 Å². The quantitative estimate of drug-likeness (QED) is 0.639. The summed E-state index contributed by atoms with van der Waals surface area (Å²) in [5, 5.41) is 0.740. The summed E-state index contributed by atoms with van der Waals surface area (Å²) in [6, 6.07) is 18.7. The van der Waals surface area contributed by atoms with Crippen LogP contribution in [-0.2, 0) is 11.2 Å². The first kappa shape index (κ1) is 16.2. The molecule has 1 aliphatic rings. The van der Waals surface area contributed by atoms with Gasteiger partial charge in [-0.1, -0.05) is 42.8 Å². The second-order valence-electron chi connectivity index (χ2n) is 6.24. The van der Waals surface area contributed by atoms with Gasteiger partial charge < -0.3 is 14.2 Å². The average Bonchev–Trinajstić information content (AvgIpc) is 3.31. The number of benzene rings is 2. The molecule has 0 amide bonds. The zero-order chi connectivity index (χ0) is 17.2. The van der Waals surface area contributed by atoms with Crippen LogP contribution in [0.3, 0.4) is 0 Å². The molecule has 2 heterocycles. The van der Waals surface area contributed by atoms with Crippen molar-refractivity contribution in [2.24, 2.45) is 0 Å². The number of nitrogens with zero attached hydrogens (tertiary/aromatic N) is 2. The van der Waals surface area contributed by atoms with Crippen molar-refractivity contribution < 1.29 is 4.74 Å². The van der Waals surface area contributed by atoms with Crippen LogP contribution in [0.2, 0.25) is 5.02 Å². The minimum Gasteiger partial charge on any atom is -0.352 e. The molecule has 4 rings (SSSR count). The maximum Gasteiger partial charge on any atom is 0.158 e. The second-order valence-corrected chi connectivity index (χ2v) is 6.65. The second kappa shape index (κ2) is 6.95. The van der Waals surface area contributed by atoms with Crippen molar-refractivity contribution in [2.45, 2.75) is 19.6 Å². The topological polar surface area (TPSA) is 17.4 Å². The van der Waals surface area contributed by atoms with Gasteiger partial charge in [0.15, 0.2) is 6.23 Å². The fourth-order valence-electron chi connectivity index (χ4n) is 3.30. The SMILES string of the molecule is CCc1ccc(N2CCO[C@H]2c2ccn(-c3ccccc3Cl)c2)cc1. The number of hydrogen-bond donors (Lipinski definition) is 0. The Bertz CT molecular complexity index is 856. The van der Waals surface area contributed by atoms with E-state index in [0.29, 0.717) is 0 Å². The van der Waals surface area contributed by atoms with Gasteiger partial charge in [0.05, 0.1) is 17.3 Å². The highest BCUT2D eigenvalue weighted by atomic mass is 35.5. The van der Waals surface area contributed by atoms with Crippen LogP contribution >= 0.6 is 11.6 Å². The molecule has 1 aromatic heterocycles. The van der Waals surface area contributed by atoms with E-state index in [4.69, 9.17) is 16.3 Å². The Labute approximate surface area is 153 Å². The lowest BCUT2D eigenvalue weighted by atomic mass is 10.1. The van der Waals surface area contributed by atoms with Crippen molar-refractivity contribution in [3.05, 3.63) is 83.1 Å². The highest BCUT2D eigenvalue weighted by Crippen LogP contribution is 2.33. The monoisotopic (exact) mass is 352 g/mol. The summed E-state index contributed by atoms with van der Waals surface area (Å²) in [5.74, 6) is 0. The number of anilines is 1. The number of hydrogen-bond acceptors (Lipinski definition) is 2. The molecular formula is C21H21ClN2O. The molecule has 1 saturated heterocycles. The molecule has 0 N–H and O–H groups in total. The molecule has 0 aliphatic carbocycles. The maximum absolute atomic E-state index is 6.32. The average molecular weight is 353 g/mol. The minimum absolute atomic E-state index is 0.0591. The molecule has 25 heavy (non-hydrogen) atoms. The molecule has 0 radical (unpaired) electrons. The summed E-state index contributed by atoms with van der Waals surface area (Å²) in [5.41, 5.74) is 4.67. The number of halogens is 1. The fraction of sp³-hybridized carbons (Fsp3) is 0.238. The lowest BCUT2D eigenvalue weighted by Crippen LogP contribution is -2.22. The van der Waals surface area contributed by atoms with Crippen molar-refractivity contribution in [2.75, 3.05) is 18.1 Å². The lowest BCUT2D eigenvalue weighted by Gasteiger charge is -2.24. The van der Waals surface area contributed by atoms with Gasteiger partial charge in [-0.2, -0.15) is 0 Å². The Kier molecular flexibility index (Phi) is 4.51. The minimum atomic E-state index is -0.0591. The molecule has 1 fully saturated rings. The smallest absolute Gasteiger partial charge is 0.158 e. The molecule has 4 heteroatoms. The number of aryl methyl sites for hydroxylation is 1. The largest absolute Gasteiger partial charge is 0.352 e. The Balaban J connectivity index is 1.61. The summed E-state index contributed by atoms with van der Waals surface area (Å²) < 4.78 is 8.07. The van der Waals surface area contributed by atoms with Crippen molar-refractivity contribution in [3.63, 3.8) is 0 Å². The summed E-state index contributed by atoms with van der Waals surface area (Å²) in [4.78, 5) is 2.31. The highest BCUT2D eigenvalue weighted by Gasteiger charge is 2.28. The molecule has 1 atom stereocenters. The molecule has 128 valence electrons. The predicted molar refractivity (Wildman–Crippen MR) is 103 cm³/mol. The number of ether oxygens (including phenoxy) is 1. The molecular weight excluding hydrogens is 332 g/mol. The van der Waals surface area contributed by atoms with Gasteiger partial charge in [-0.25, -0.2) is 0 Å². The highest BCUT2D eigenvalue weighted by molar-refractivity contribution is 6.32. The number of para-hydroxylation sites is 1. The fourth-order valence-corrected chi connectivity index (χ4v) is 3.54. The molecule has 3 nitrogen and oxygen atoms in total. The molecule has 2 aromatic carbocycles. The maximum atomic E-state index is 6.32. The first-order chi connectivity index (χ1) is 12.3. The van der Waals surface area contributed by atoms with Gasteiger partial charge in [-0.05, 0) is 42.3 Å². The summed E-state index contributed by atoms with van der Waals surface area (Å²) >= 11 is 6.32. The van der Waals surface area contributed by atoms with Crippen molar-refractivity contribution in [1.82, 2.24) is 4.57 Å². The Morgan fingerprint density at radius 1 is 1.08 bits per heavy atom. The van der Waals surface area contributed by atoms with Gasteiger partial charge in [-0.15, -0.1) is 0 Å². The van der Waals surface area contributed by atoms with E-state index in [-0.39, 0.29) is 6.23 Å². The zero-order valence-electron chi connectivity index (χ0n) is 14.2. The van der Waals surface area contributed by atoms with Gasteiger partial charge in [-0.3, -0.25) is 0 Å². The van der Waals surface area contributed by atoms with Crippen LogP contribution in [-0.4, -0.2) is 17.7 Å². The molecule has 0 spiro atoms. The molecule has 0 saturated carbocycles. The number of aromatic nitrogens is 1. The van der Waals surface area contributed by atoms with E-state index in [1.54, 1.807) is 0 Å². The van der Waals surface area contributed by atoms with Crippen LogP contribution in [0, 0.1) is 0 Å². The van der Waals surface area contributed by atoms with Crippen molar-refractivity contribution in [1.29, 1.82) is 0 Å². The zero-order valence-corrected chi connectivity index (χ0v) is 15.0. The van der Waals surface area contributed by atoms with Crippen LogP contribution in [0.25, 0.3) is 5.69 Å². The first-order valence-electron chi connectivity index (χ1n) is 8.66. The first-order valence-corrected chi connectivity index (χ1v) is 9.04. The summed E-state index contributed by atoms with van der Waals surface area (Å²) in [6.07, 6.45) is 5.14. The third-order valence-corrected chi connectivity index (χ3v) is 5.02. The van der Waals surface area contributed by atoms with E-state index in [0.717, 1.165) is 35.8 Å². The van der Waals surface area contributed by atoms with E-state index in [2.05, 4.69) is 52.9 Å². The van der Waals surface area contributed by atoms with Crippen LogP contribution in [0.4, 0.5) is 5.69 Å². The van der Waals surface area contributed by atoms with E-state index >= 15 is 0 Å². The van der Waals surface area contributed by atoms with Gasteiger partial charge >= 0.3 is 0 Å². The Morgan fingerprint density at radius 2 is 1.88 bits per heavy atom. The van der Waals surface area contributed by atoms with Crippen LogP contribution in [0.1, 0.15) is 24.3 Å². The van der Waals surface area contributed by atoms with Gasteiger partial charge in [0.1, 0.15) is 0 Å². The molecule has 1 aliphatic heterocycles. The van der Waals surface area contributed by atoms with E-state index in [9.17, 15) is 0 Å². The van der Waals surface area contributed by atoms with E-state index in [1.165, 1.54) is 11.3 Å². The lowest BCUT2D eigenvalue weighted by molar-refractivity contribution is 0.114. The van der Waals surface area contributed by atoms with Gasteiger partial charge in [0.2, 0.25) is 0 Å². The predicted octanol–water partition coefficient (Wildman–Crippen LogP) is 5.23. The molecule has 0 bridgehead atoms. The Hall–Kier alpha value is -2.23. The van der Waals surface area contributed by atoms with Crippen LogP contribution < -0.4 is 4.90 Å². The van der Waals surface area contributed by atoms with E-state index < -0.39 is 0 Å². The van der Waals surface area contributed by atoms with Crippen LogP contribution in [0.15, 0.2) is 67.0 Å². The van der Waals surface area contributed by atoms with Crippen molar-refractivity contribution in [3.8, 4) is 5.69 Å². The third-order valence-electron chi connectivity index (χ3n) is 4.70. The molecule has 0 unspecified atom stereocenters. The summed E-state index contributed by atoms with van der Waals surface area (Å²) in [7, 11) is 0. The Morgan fingerprint density at radius 3 is 2.64 bits per heavy atom. The third kappa shape index (κ3) is 3.17. The molecule has 3 aromatic rings. The van der Waals surface area contributed by atoms with Gasteiger partial charge in [0, 0.05) is 30.2 Å². The normalized spacial score (nSPS) is 17.2. The van der Waals surface area contributed by atoms with Crippen LogP contribution in [0.5, 0.6) is 0 Å².